The molecular formula is C11H12IN3O. The Morgan fingerprint density at radius 2 is 2.25 bits per heavy atom. The summed E-state index contributed by atoms with van der Waals surface area (Å²) in [7, 11) is 0. The van der Waals surface area contributed by atoms with E-state index in [9.17, 15) is 5.11 Å². The van der Waals surface area contributed by atoms with Gasteiger partial charge in [0.05, 0.1) is 11.6 Å². The van der Waals surface area contributed by atoms with Crippen LogP contribution in [0.25, 0.3) is 10.9 Å². The molecule has 0 amide bonds. The molecule has 0 aliphatic heterocycles. The number of hydrogen-bond acceptors (Lipinski definition) is 4. The third kappa shape index (κ3) is 2.59. The fourth-order valence-corrected chi connectivity index (χ4v) is 1.91. The Hall–Kier alpha value is -0.950. The van der Waals surface area contributed by atoms with Gasteiger partial charge in [-0.3, -0.25) is 0 Å². The van der Waals surface area contributed by atoms with Crippen LogP contribution in [0.15, 0.2) is 24.5 Å². The van der Waals surface area contributed by atoms with Crippen LogP contribution in [-0.4, -0.2) is 27.7 Å². The Bertz CT molecular complexity index is 502. The quantitative estimate of drug-likeness (QED) is 0.846. The molecule has 0 radical (unpaired) electrons. The molecule has 2 N–H and O–H groups in total. The number of nitrogens with one attached hydrogen (secondary N) is 1. The summed E-state index contributed by atoms with van der Waals surface area (Å²) in [6.07, 6.45) is 1.13. The van der Waals surface area contributed by atoms with Gasteiger partial charge in [0.2, 0.25) is 0 Å². The molecule has 1 aromatic heterocycles. The molecular weight excluding hydrogens is 317 g/mol. The summed E-state index contributed by atoms with van der Waals surface area (Å²) in [4.78, 5) is 8.38. The number of fused-ring (bicyclic) bond motifs is 1. The lowest BCUT2D eigenvalue weighted by atomic mass is 10.2. The summed E-state index contributed by atoms with van der Waals surface area (Å²) >= 11 is 2.25. The van der Waals surface area contributed by atoms with Gasteiger partial charge in [-0.05, 0) is 47.7 Å². The topological polar surface area (TPSA) is 58.0 Å². The molecule has 0 saturated heterocycles. The third-order valence-corrected chi connectivity index (χ3v) is 2.83. The van der Waals surface area contributed by atoms with Gasteiger partial charge in [-0.2, -0.15) is 0 Å². The number of nitrogens with zero attached hydrogens (tertiary/aromatic N) is 2. The Morgan fingerprint density at radius 3 is 3.00 bits per heavy atom. The first kappa shape index (κ1) is 11.5. The lowest BCUT2D eigenvalue weighted by molar-refractivity contribution is 0.208. The number of aromatic nitrogens is 2. The molecule has 4 nitrogen and oxygen atoms in total. The molecule has 84 valence electrons. The Morgan fingerprint density at radius 1 is 1.44 bits per heavy atom. The minimum Gasteiger partial charge on any atom is -0.392 e. The fraction of sp³-hybridized carbons (Fsp3) is 0.273. The van der Waals surface area contributed by atoms with E-state index in [0.717, 1.165) is 20.3 Å². The molecule has 5 heteroatoms. The second-order valence-electron chi connectivity index (χ2n) is 3.61. The fourth-order valence-electron chi connectivity index (χ4n) is 1.41. The second kappa shape index (κ2) is 4.92. The van der Waals surface area contributed by atoms with Crippen LogP contribution in [0.2, 0.25) is 0 Å². The predicted molar refractivity (Wildman–Crippen MR) is 72.4 cm³/mol. The number of hydrogen-bond donors (Lipinski definition) is 2. The maximum absolute atomic E-state index is 9.23. The maximum Gasteiger partial charge on any atom is 0.137 e. The summed E-state index contributed by atoms with van der Waals surface area (Å²) < 4.78 is 1.14. The van der Waals surface area contributed by atoms with Crippen molar-refractivity contribution in [2.45, 2.75) is 13.0 Å². The molecule has 16 heavy (non-hydrogen) atoms. The average Bonchev–Trinajstić information content (AvgIpc) is 2.26. The largest absolute Gasteiger partial charge is 0.392 e. The molecule has 0 fully saturated rings. The molecule has 0 spiro atoms. The summed E-state index contributed by atoms with van der Waals surface area (Å²) in [6, 6.07) is 6.00. The highest BCUT2D eigenvalue weighted by Crippen LogP contribution is 2.21. The zero-order chi connectivity index (χ0) is 11.5. The lowest BCUT2D eigenvalue weighted by Gasteiger charge is -2.09. The van der Waals surface area contributed by atoms with Crippen molar-refractivity contribution in [1.29, 1.82) is 0 Å². The van der Waals surface area contributed by atoms with Crippen molar-refractivity contribution in [2.75, 3.05) is 11.9 Å². The summed E-state index contributed by atoms with van der Waals surface area (Å²) in [5, 5.41) is 13.3. The molecule has 0 aliphatic rings. The highest BCUT2D eigenvalue weighted by Gasteiger charge is 2.04. The van der Waals surface area contributed by atoms with Gasteiger partial charge in [0.1, 0.15) is 12.1 Å². The van der Waals surface area contributed by atoms with Crippen molar-refractivity contribution >= 4 is 39.3 Å². The second-order valence-corrected chi connectivity index (χ2v) is 4.86. The number of benzene rings is 1. The van der Waals surface area contributed by atoms with Crippen molar-refractivity contribution in [1.82, 2.24) is 9.97 Å². The molecule has 0 unspecified atom stereocenters. The van der Waals surface area contributed by atoms with Crippen LogP contribution in [0.5, 0.6) is 0 Å². The highest BCUT2D eigenvalue weighted by atomic mass is 127. The standard InChI is InChI=1S/C11H12IN3O/c1-7(16)5-13-11-9-4-8(12)2-3-10(9)14-6-15-11/h2-4,6-7,16H,5H2,1H3,(H,13,14,15)/t7-/m0/s1. The van der Waals surface area contributed by atoms with E-state index in [0.29, 0.717) is 6.54 Å². The molecule has 0 saturated carbocycles. The Balaban J connectivity index is 2.40. The van der Waals surface area contributed by atoms with Crippen molar-refractivity contribution in [3.63, 3.8) is 0 Å². The van der Waals surface area contributed by atoms with Crippen molar-refractivity contribution in [3.8, 4) is 0 Å². The van der Waals surface area contributed by atoms with E-state index >= 15 is 0 Å². The van der Waals surface area contributed by atoms with Crippen LogP contribution in [0, 0.1) is 3.57 Å². The van der Waals surface area contributed by atoms with E-state index in [1.54, 1.807) is 6.92 Å². The number of aliphatic hydroxyl groups excluding tert-OH is 1. The van der Waals surface area contributed by atoms with E-state index in [4.69, 9.17) is 0 Å². The number of aliphatic hydroxyl groups is 1. The summed E-state index contributed by atoms with van der Waals surface area (Å²) in [5.41, 5.74) is 0.906. The molecule has 1 heterocycles. The zero-order valence-electron chi connectivity index (χ0n) is 8.81. The average molecular weight is 329 g/mol. The summed E-state index contributed by atoms with van der Waals surface area (Å²) in [5.74, 6) is 0.768. The number of anilines is 1. The SMILES string of the molecule is C[C@H](O)CNc1ncnc2ccc(I)cc12. The minimum atomic E-state index is -0.396. The molecule has 2 aromatic rings. The van der Waals surface area contributed by atoms with Crippen molar-refractivity contribution < 1.29 is 5.11 Å². The summed E-state index contributed by atoms with van der Waals surface area (Å²) in [6.45, 7) is 2.22. The van der Waals surface area contributed by atoms with Crippen LogP contribution < -0.4 is 5.32 Å². The number of halogens is 1. The van der Waals surface area contributed by atoms with E-state index in [1.165, 1.54) is 6.33 Å². The Labute approximate surface area is 107 Å². The minimum absolute atomic E-state index is 0.396. The van der Waals surface area contributed by atoms with Crippen LogP contribution in [0.3, 0.4) is 0 Å². The van der Waals surface area contributed by atoms with Gasteiger partial charge in [0.15, 0.2) is 0 Å². The van der Waals surface area contributed by atoms with Crippen LogP contribution in [0.4, 0.5) is 5.82 Å². The van der Waals surface area contributed by atoms with Crippen molar-refractivity contribution in [2.24, 2.45) is 0 Å². The van der Waals surface area contributed by atoms with Gasteiger partial charge in [-0.1, -0.05) is 0 Å². The monoisotopic (exact) mass is 329 g/mol. The first-order valence-electron chi connectivity index (χ1n) is 4.99. The first-order chi connectivity index (χ1) is 7.66. The van der Waals surface area contributed by atoms with E-state index < -0.39 is 6.10 Å². The lowest BCUT2D eigenvalue weighted by Crippen LogP contribution is -2.16. The van der Waals surface area contributed by atoms with Crippen molar-refractivity contribution in [3.05, 3.63) is 28.1 Å². The molecule has 1 aromatic carbocycles. The van der Waals surface area contributed by atoms with Gasteiger partial charge < -0.3 is 10.4 Å². The van der Waals surface area contributed by atoms with Crippen LogP contribution in [-0.2, 0) is 0 Å². The van der Waals surface area contributed by atoms with E-state index in [1.807, 2.05) is 18.2 Å². The number of rotatable bonds is 3. The van der Waals surface area contributed by atoms with Gasteiger partial charge in [-0.25, -0.2) is 9.97 Å². The van der Waals surface area contributed by atoms with Gasteiger partial charge in [-0.15, -0.1) is 0 Å². The van der Waals surface area contributed by atoms with Crippen LogP contribution >= 0.6 is 22.6 Å². The van der Waals surface area contributed by atoms with Gasteiger partial charge in [0.25, 0.3) is 0 Å². The van der Waals surface area contributed by atoms with E-state index in [2.05, 4.69) is 37.9 Å². The van der Waals surface area contributed by atoms with Crippen LogP contribution in [0.1, 0.15) is 6.92 Å². The molecule has 0 aliphatic carbocycles. The molecule has 1 atom stereocenters. The van der Waals surface area contributed by atoms with Gasteiger partial charge >= 0.3 is 0 Å². The van der Waals surface area contributed by atoms with E-state index in [-0.39, 0.29) is 0 Å². The maximum atomic E-state index is 9.23. The predicted octanol–water partition coefficient (Wildman–Crippen LogP) is 2.03. The normalized spacial score (nSPS) is 12.7. The highest BCUT2D eigenvalue weighted by molar-refractivity contribution is 14.1. The Kier molecular flexibility index (Phi) is 3.55. The van der Waals surface area contributed by atoms with Gasteiger partial charge in [0, 0.05) is 15.5 Å². The zero-order valence-corrected chi connectivity index (χ0v) is 11.0. The molecule has 2 rings (SSSR count). The molecule has 0 bridgehead atoms. The third-order valence-electron chi connectivity index (χ3n) is 2.16. The first-order valence-corrected chi connectivity index (χ1v) is 6.07. The smallest absolute Gasteiger partial charge is 0.137 e.